The molecule has 2 unspecified atom stereocenters. The molecule has 0 radical (unpaired) electrons. The smallest absolute Gasteiger partial charge is 0.326 e. The standard InChI is InChI=1S/C9H18N4O5/c10-9(11)12-3-1-2-5(8(17)18)13-7(16)6(15)4-14/h5-6,14-15H,1-4H2,(H,13,16)(H,17,18)(H4,10,11,12). The van der Waals surface area contributed by atoms with Crippen molar-refractivity contribution in [2.75, 3.05) is 13.2 Å². The molecule has 1 amide bonds. The first-order chi connectivity index (χ1) is 8.38. The average molecular weight is 262 g/mol. The third-order valence-corrected chi connectivity index (χ3v) is 2.04. The molecule has 0 aromatic rings. The number of carboxylic acids is 1. The van der Waals surface area contributed by atoms with Gasteiger partial charge in [-0.3, -0.25) is 9.79 Å². The normalized spacial score (nSPS) is 13.4. The van der Waals surface area contributed by atoms with E-state index in [1.807, 2.05) is 0 Å². The van der Waals surface area contributed by atoms with Crippen molar-refractivity contribution in [3.05, 3.63) is 0 Å². The van der Waals surface area contributed by atoms with E-state index in [1.54, 1.807) is 0 Å². The molecule has 0 aliphatic heterocycles. The minimum atomic E-state index is -1.63. The number of aliphatic hydroxyl groups is 2. The second-order valence-corrected chi connectivity index (χ2v) is 3.55. The molecule has 0 bridgehead atoms. The maximum atomic E-state index is 11.2. The van der Waals surface area contributed by atoms with E-state index < -0.39 is 30.6 Å². The maximum Gasteiger partial charge on any atom is 0.326 e. The van der Waals surface area contributed by atoms with Gasteiger partial charge >= 0.3 is 5.97 Å². The Morgan fingerprint density at radius 2 is 1.94 bits per heavy atom. The van der Waals surface area contributed by atoms with Crippen molar-refractivity contribution in [3.63, 3.8) is 0 Å². The quantitative estimate of drug-likeness (QED) is 0.153. The molecule has 9 heteroatoms. The van der Waals surface area contributed by atoms with Gasteiger partial charge in [-0.2, -0.15) is 0 Å². The zero-order valence-electron chi connectivity index (χ0n) is 9.74. The van der Waals surface area contributed by atoms with E-state index in [2.05, 4.69) is 10.3 Å². The largest absolute Gasteiger partial charge is 0.480 e. The van der Waals surface area contributed by atoms with Gasteiger partial charge in [0, 0.05) is 6.54 Å². The van der Waals surface area contributed by atoms with Crippen molar-refractivity contribution in [1.82, 2.24) is 5.32 Å². The molecule has 0 aliphatic rings. The van der Waals surface area contributed by atoms with Crippen LogP contribution in [0.25, 0.3) is 0 Å². The number of aliphatic imine (C=N–C) groups is 1. The third kappa shape index (κ3) is 6.66. The van der Waals surface area contributed by atoms with E-state index in [4.69, 9.17) is 26.8 Å². The number of carboxylic acid groups (broad SMARTS) is 1. The summed E-state index contributed by atoms with van der Waals surface area (Å²) in [6.07, 6.45) is -1.18. The fourth-order valence-corrected chi connectivity index (χ4v) is 1.11. The van der Waals surface area contributed by atoms with E-state index >= 15 is 0 Å². The van der Waals surface area contributed by atoms with Crippen molar-refractivity contribution in [2.24, 2.45) is 16.5 Å². The van der Waals surface area contributed by atoms with Crippen molar-refractivity contribution in [2.45, 2.75) is 25.0 Å². The van der Waals surface area contributed by atoms with Crippen molar-refractivity contribution >= 4 is 17.8 Å². The van der Waals surface area contributed by atoms with Gasteiger partial charge < -0.3 is 32.1 Å². The number of nitrogens with one attached hydrogen (secondary N) is 1. The molecule has 0 saturated heterocycles. The monoisotopic (exact) mass is 262 g/mol. The van der Waals surface area contributed by atoms with Crippen LogP contribution in [0.4, 0.5) is 0 Å². The van der Waals surface area contributed by atoms with Gasteiger partial charge in [0.1, 0.15) is 6.04 Å². The summed E-state index contributed by atoms with van der Waals surface area (Å²) >= 11 is 0. The molecular formula is C9H18N4O5. The predicted octanol–water partition coefficient (Wildman–Crippen LogP) is -3.04. The van der Waals surface area contributed by atoms with E-state index in [1.165, 1.54) is 0 Å². The van der Waals surface area contributed by atoms with Gasteiger partial charge in [-0.15, -0.1) is 0 Å². The summed E-state index contributed by atoms with van der Waals surface area (Å²) in [5.74, 6) is -2.27. The molecule has 104 valence electrons. The number of nitrogens with two attached hydrogens (primary N) is 2. The van der Waals surface area contributed by atoms with Crippen LogP contribution >= 0.6 is 0 Å². The number of hydrogen-bond donors (Lipinski definition) is 6. The molecule has 0 spiro atoms. The number of guanidine groups is 1. The molecule has 0 aromatic carbocycles. The number of aliphatic carboxylic acids is 1. The SMILES string of the molecule is NC(N)=NCCCC(NC(=O)C(O)CO)C(=O)O. The van der Waals surface area contributed by atoms with Crippen LogP contribution in [0.5, 0.6) is 0 Å². The summed E-state index contributed by atoms with van der Waals surface area (Å²) in [6.45, 7) is -0.531. The fraction of sp³-hybridized carbons (Fsp3) is 0.667. The Bertz CT molecular complexity index is 316. The number of amides is 1. The van der Waals surface area contributed by atoms with Gasteiger partial charge in [0.2, 0.25) is 0 Å². The molecule has 0 rings (SSSR count). The van der Waals surface area contributed by atoms with Crippen LogP contribution in [0.1, 0.15) is 12.8 Å². The first-order valence-corrected chi connectivity index (χ1v) is 5.26. The van der Waals surface area contributed by atoms with Gasteiger partial charge in [-0.05, 0) is 12.8 Å². The Kier molecular flexibility index (Phi) is 7.40. The number of hydrogen-bond acceptors (Lipinski definition) is 5. The average Bonchev–Trinajstić information content (AvgIpc) is 2.30. The molecule has 0 aliphatic carbocycles. The van der Waals surface area contributed by atoms with Gasteiger partial charge in [0.15, 0.2) is 12.1 Å². The first kappa shape index (κ1) is 16.1. The maximum absolute atomic E-state index is 11.2. The van der Waals surface area contributed by atoms with Crippen LogP contribution in [0.2, 0.25) is 0 Å². The number of aliphatic hydroxyl groups excluding tert-OH is 2. The highest BCUT2D eigenvalue weighted by atomic mass is 16.4. The van der Waals surface area contributed by atoms with E-state index in [-0.39, 0.29) is 18.9 Å². The number of nitrogens with zero attached hydrogens (tertiary/aromatic N) is 1. The lowest BCUT2D eigenvalue weighted by Gasteiger charge is -2.15. The third-order valence-electron chi connectivity index (χ3n) is 2.04. The molecule has 0 saturated carbocycles. The van der Waals surface area contributed by atoms with Crippen LogP contribution in [0.15, 0.2) is 4.99 Å². The Morgan fingerprint density at radius 1 is 1.33 bits per heavy atom. The molecule has 0 fully saturated rings. The lowest BCUT2D eigenvalue weighted by molar-refractivity contribution is -0.144. The van der Waals surface area contributed by atoms with Crippen LogP contribution < -0.4 is 16.8 Å². The fourth-order valence-electron chi connectivity index (χ4n) is 1.11. The van der Waals surface area contributed by atoms with Crippen LogP contribution in [-0.2, 0) is 9.59 Å². The van der Waals surface area contributed by atoms with E-state index in [0.717, 1.165) is 0 Å². The number of carbonyl (C=O) groups is 2. The van der Waals surface area contributed by atoms with E-state index in [0.29, 0.717) is 6.42 Å². The number of carbonyl (C=O) groups excluding carboxylic acids is 1. The zero-order valence-corrected chi connectivity index (χ0v) is 9.74. The van der Waals surface area contributed by atoms with Crippen molar-refractivity contribution in [3.8, 4) is 0 Å². The minimum absolute atomic E-state index is 0.0957. The molecule has 9 nitrogen and oxygen atoms in total. The van der Waals surface area contributed by atoms with Gasteiger partial charge in [0.05, 0.1) is 6.61 Å². The molecular weight excluding hydrogens is 244 g/mol. The van der Waals surface area contributed by atoms with Gasteiger partial charge in [0.25, 0.3) is 5.91 Å². The summed E-state index contributed by atoms with van der Waals surface area (Å²) in [7, 11) is 0. The van der Waals surface area contributed by atoms with E-state index in [9.17, 15) is 9.59 Å². The van der Waals surface area contributed by atoms with Gasteiger partial charge in [-0.1, -0.05) is 0 Å². The van der Waals surface area contributed by atoms with Crippen LogP contribution in [0, 0.1) is 0 Å². The lowest BCUT2D eigenvalue weighted by atomic mass is 10.1. The predicted molar refractivity (Wildman–Crippen MR) is 62.6 cm³/mol. The summed E-state index contributed by atoms with van der Waals surface area (Å²) in [5.41, 5.74) is 10.2. The van der Waals surface area contributed by atoms with Crippen LogP contribution in [0.3, 0.4) is 0 Å². The van der Waals surface area contributed by atoms with Gasteiger partial charge in [-0.25, -0.2) is 4.79 Å². The minimum Gasteiger partial charge on any atom is -0.480 e. The molecule has 0 aromatic heterocycles. The van der Waals surface area contributed by atoms with Crippen molar-refractivity contribution in [1.29, 1.82) is 0 Å². The Balaban J connectivity index is 4.20. The van der Waals surface area contributed by atoms with Crippen molar-refractivity contribution < 1.29 is 24.9 Å². The first-order valence-electron chi connectivity index (χ1n) is 5.26. The second kappa shape index (κ2) is 8.25. The highest BCUT2D eigenvalue weighted by molar-refractivity contribution is 5.86. The zero-order chi connectivity index (χ0) is 14.1. The Labute approximate surface area is 103 Å². The molecule has 18 heavy (non-hydrogen) atoms. The highest BCUT2D eigenvalue weighted by Crippen LogP contribution is 1.99. The van der Waals surface area contributed by atoms with Crippen LogP contribution in [-0.4, -0.2) is 58.5 Å². The molecule has 0 heterocycles. The topological polar surface area (TPSA) is 171 Å². The summed E-state index contributed by atoms with van der Waals surface area (Å²) in [6, 6.07) is -1.16. The summed E-state index contributed by atoms with van der Waals surface area (Å²) < 4.78 is 0. The lowest BCUT2D eigenvalue weighted by Crippen LogP contribution is -2.46. The summed E-state index contributed by atoms with van der Waals surface area (Å²) in [5, 5.41) is 28.5. The molecule has 8 N–H and O–H groups in total. The summed E-state index contributed by atoms with van der Waals surface area (Å²) in [4.78, 5) is 25.7. The molecule has 2 atom stereocenters. The number of rotatable bonds is 8. The Morgan fingerprint density at radius 3 is 2.39 bits per heavy atom. The Hall–Kier alpha value is -1.87. The second-order valence-electron chi connectivity index (χ2n) is 3.55. The highest BCUT2D eigenvalue weighted by Gasteiger charge is 2.22.